The van der Waals surface area contributed by atoms with E-state index in [1.54, 1.807) is 24.3 Å². The molecule has 1 aliphatic carbocycles. The molecule has 0 saturated heterocycles. The van der Waals surface area contributed by atoms with Crippen molar-refractivity contribution in [2.45, 2.75) is 6.42 Å². The number of carboxylic acid groups (broad SMARTS) is 1. The van der Waals surface area contributed by atoms with Crippen LogP contribution in [0.5, 0.6) is 5.75 Å². The van der Waals surface area contributed by atoms with Gasteiger partial charge < -0.3 is 40.0 Å². The highest BCUT2D eigenvalue weighted by atomic mass is 32.1. The van der Waals surface area contributed by atoms with Crippen LogP contribution >= 0.6 is 19.6 Å². The van der Waals surface area contributed by atoms with Crippen LogP contribution in [0.25, 0.3) is 33.4 Å². The molecule has 2 unspecified atom stereocenters. The third-order valence-corrected chi connectivity index (χ3v) is 7.81. The highest BCUT2D eigenvalue weighted by Gasteiger charge is 2.22. The zero-order valence-corrected chi connectivity index (χ0v) is 24.4. The van der Waals surface area contributed by atoms with Gasteiger partial charge in [-0.3, -0.25) is 9.36 Å². The topological polar surface area (TPSA) is 179 Å². The first-order valence-electron chi connectivity index (χ1n) is 13.0. The van der Waals surface area contributed by atoms with Gasteiger partial charge in [0.2, 0.25) is 0 Å². The number of benzene rings is 3. The van der Waals surface area contributed by atoms with Crippen molar-refractivity contribution in [1.29, 1.82) is 0 Å². The van der Waals surface area contributed by atoms with Gasteiger partial charge in [-0.25, -0.2) is 4.79 Å². The second-order valence-corrected chi connectivity index (χ2v) is 12.9. The fraction of sp³-hybridized carbons (Fsp3) is 0.276. The first-order chi connectivity index (χ1) is 19.9. The highest BCUT2D eigenvalue weighted by molar-refractivity contribution is 7.80. The monoisotopic (exact) mass is 614 g/mol. The van der Waals surface area contributed by atoms with Crippen molar-refractivity contribution in [2.75, 3.05) is 44.5 Å². The minimum atomic E-state index is -3.15. The van der Waals surface area contributed by atoms with Gasteiger partial charge >= 0.3 is 5.97 Å². The Morgan fingerprint density at radius 2 is 1.88 bits per heavy atom. The minimum Gasteiger partial charge on any atom is -0.508 e. The van der Waals surface area contributed by atoms with Gasteiger partial charge in [0.15, 0.2) is 17.9 Å². The van der Waals surface area contributed by atoms with Crippen LogP contribution in [0.1, 0.15) is 16.8 Å². The summed E-state index contributed by atoms with van der Waals surface area (Å²) in [7, 11) is -3.15. The zero-order valence-electron chi connectivity index (χ0n) is 22.7. The van der Waals surface area contributed by atoms with Crippen LogP contribution in [-0.4, -0.2) is 70.5 Å². The number of hydrogen-bond donors (Lipinski definition) is 6. The van der Waals surface area contributed by atoms with Crippen LogP contribution in [0.3, 0.4) is 0 Å². The molecular weight excluding hydrogens is 583 g/mol. The maximum atomic E-state index is 12.4. The van der Waals surface area contributed by atoms with Crippen molar-refractivity contribution in [2.24, 2.45) is 5.92 Å². The van der Waals surface area contributed by atoms with Gasteiger partial charge in [-0.2, -0.15) is 0 Å². The number of carboxylic acids is 1. The molecule has 0 saturated carbocycles. The van der Waals surface area contributed by atoms with Crippen molar-refractivity contribution in [3.8, 4) is 28.2 Å². The quantitative estimate of drug-likeness (QED) is 0.0582. The summed E-state index contributed by atoms with van der Waals surface area (Å²) in [5.74, 6) is -1.17. The molecule has 0 aromatic heterocycles. The van der Waals surface area contributed by atoms with Gasteiger partial charge in [0.05, 0.1) is 18.8 Å². The maximum absolute atomic E-state index is 12.4. The van der Waals surface area contributed by atoms with Crippen molar-refractivity contribution in [3.05, 3.63) is 70.4 Å². The van der Waals surface area contributed by atoms with E-state index in [-0.39, 0.29) is 65.1 Å². The van der Waals surface area contributed by atoms with Gasteiger partial charge in [-0.15, -0.1) is 0 Å². The lowest BCUT2D eigenvalue weighted by Crippen LogP contribution is -2.31. The van der Waals surface area contributed by atoms with E-state index in [1.807, 2.05) is 0 Å². The van der Waals surface area contributed by atoms with Gasteiger partial charge in [0, 0.05) is 66.2 Å². The third kappa shape index (κ3) is 7.93. The lowest BCUT2D eigenvalue weighted by Gasteiger charge is -2.18. The van der Waals surface area contributed by atoms with Crippen LogP contribution in [0, 0.1) is 5.92 Å². The molecule has 0 fully saturated rings. The van der Waals surface area contributed by atoms with Gasteiger partial charge in [-0.05, 0) is 60.6 Å². The molecule has 11 nitrogen and oxygen atoms in total. The summed E-state index contributed by atoms with van der Waals surface area (Å²) in [5.41, 5.74) is 1.88. The highest BCUT2D eigenvalue weighted by Crippen LogP contribution is 2.42. The summed E-state index contributed by atoms with van der Waals surface area (Å²) in [6.45, 7) is 1.90. The van der Waals surface area contributed by atoms with Crippen molar-refractivity contribution >= 4 is 47.3 Å². The van der Waals surface area contributed by atoms with E-state index in [9.17, 15) is 34.4 Å². The van der Waals surface area contributed by atoms with E-state index in [1.165, 1.54) is 37.0 Å². The summed E-state index contributed by atoms with van der Waals surface area (Å²) >= 11 is 5.37. The van der Waals surface area contributed by atoms with E-state index >= 15 is 0 Å². The number of phenols is 1. The number of aromatic hydroxyl groups is 1. The normalized spacial score (nSPS) is 13.5. The first-order valence-corrected chi connectivity index (χ1v) is 15.8. The average Bonchev–Trinajstić information content (AvgIpc) is 2.92. The van der Waals surface area contributed by atoms with Crippen LogP contribution in [0.4, 0.5) is 5.69 Å². The second kappa shape index (κ2) is 13.5. The summed E-state index contributed by atoms with van der Waals surface area (Å²) in [6, 6.07) is 13.6. The predicted molar refractivity (Wildman–Crippen MR) is 164 cm³/mol. The number of anilines is 1. The Morgan fingerprint density at radius 1 is 1.12 bits per heavy atom. The molecule has 2 aliphatic rings. The van der Waals surface area contributed by atoms with Crippen molar-refractivity contribution in [1.82, 2.24) is 5.32 Å². The SMILES string of the molecule is CP(=O)(O)CCOCC(CO)CCNC(=S)Nc1ccc(-c2c3ccc(=O)cc-3oc3cc(O)ccc23)c(C(=O)O)c1. The number of phenolic OH excluding ortho intramolecular Hbond substituents is 1. The molecule has 2 aromatic rings. The molecule has 0 spiro atoms. The van der Waals surface area contributed by atoms with Gasteiger partial charge in [0.1, 0.15) is 17.1 Å². The molecule has 13 heteroatoms. The van der Waals surface area contributed by atoms with E-state index in [2.05, 4.69) is 10.6 Å². The lowest BCUT2D eigenvalue weighted by atomic mass is 9.90. The van der Waals surface area contributed by atoms with Gasteiger partial charge in [-0.1, -0.05) is 6.07 Å². The molecule has 1 aliphatic heterocycles. The molecule has 2 aromatic carbocycles. The van der Waals surface area contributed by atoms with E-state index in [0.717, 1.165) is 0 Å². The van der Waals surface area contributed by atoms with E-state index in [4.69, 9.17) is 21.4 Å². The fourth-order valence-corrected chi connectivity index (χ4v) is 5.13. The molecule has 222 valence electrons. The minimum absolute atomic E-state index is 0.0205. The summed E-state index contributed by atoms with van der Waals surface area (Å²) < 4.78 is 22.6. The van der Waals surface area contributed by atoms with Crippen molar-refractivity contribution in [3.63, 3.8) is 0 Å². The van der Waals surface area contributed by atoms with Crippen LogP contribution in [0.15, 0.2) is 63.8 Å². The number of carbonyl (C=O) groups is 1. The zero-order chi connectivity index (χ0) is 30.4. The Labute approximate surface area is 246 Å². The number of aliphatic hydroxyl groups is 1. The Hall–Kier alpha value is -3.80. The number of aliphatic hydroxyl groups excluding tert-OH is 1. The Kier molecular flexibility index (Phi) is 9.97. The maximum Gasteiger partial charge on any atom is 0.336 e. The van der Waals surface area contributed by atoms with Crippen molar-refractivity contribution < 1.29 is 38.7 Å². The van der Waals surface area contributed by atoms with Gasteiger partial charge in [0.25, 0.3) is 0 Å². The van der Waals surface area contributed by atoms with E-state index in [0.29, 0.717) is 40.7 Å². The number of nitrogens with one attached hydrogen (secondary N) is 2. The number of thiocarbonyl (C=S) groups is 1. The predicted octanol–water partition coefficient (Wildman–Crippen LogP) is 4.17. The molecular formula is C29H31N2O9PS. The summed E-state index contributed by atoms with van der Waals surface area (Å²) in [5, 5.41) is 36.5. The number of fused-ring (bicyclic) bond motifs is 2. The number of ether oxygens (including phenoxy) is 1. The molecule has 0 bridgehead atoms. The molecule has 2 atom stereocenters. The second-order valence-electron chi connectivity index (χ2n) is 9.95. The largest absolute Gasteiger partial charge is 0.508 e. The lowest BCUT2D eigenvalue weighted by molar-refractivity contribution is 0.0697. The standard InChI is InChI=1S/C29H31N2O9PS/c1-41(37,38)11-10-39-16-17(15-32)8-9-30-29(42)31-18-2-5-21(24(12-18)28(35)36)27-22-6-3-19(33)13-25(22)40-26-14-20(34)4-7-23(26)27/h2-7,12-14,17,32-33H,8-11,15-16H2,1H3,(H,35,36)(H,37,38)(H2,30,31,42). The average molecular weight is 615 g/mol. The molecule has 6 N–H and O–H groups in total. The summed E-state index contributed by atoms with van der Waals surface area (Å²) in [6.07, 6.45) is 0.561. The number of hydrogen-bond acceptors (Lipinski definition) is 8. The van der Waals surface area contributed by atoms with Crippen LogP contribution < -0.4 is 16.1 Å². The summed E-state index contributed by atoms with van der Waals surface area (Å²) in [4.78, 5) is 33.7. The third-order valence-electron chi connectivity index (χ3n) is 6.55. The van der Waals surface area contributed by atoms with Crippen LogP contribution in [-0.2, 0) is 9.30 Å². The molecule has 0 radical (unpaired) electrons. The fourth-order valence-electron chi connectivity index (χ4n) is 4.44. The van der Waals surface area contributed by atoms with Crippen LogP contribution in [0.2, 0.25) is 0 Å². The Morgan fingerprint density at radius 3 is 2.60 bits per heavy atom. The Bertz CT molecular complexity index is 1680. The molecule has 1 heterocycles. The molecule has 0 amide bonds. The number of aromatic carboxylic acids is 1. The number of rotatable bonds is 12. The molecule has 42 heavy (non-hydrogen) atoms. The first kappa shape index (κ1) is 31.1. The van der Waals surface area contributed by atoms with E-state index < -0.39 is 13.3 Å². The Balaban J connectivity index is 1.51. The smallest absolute Gasteiger partial charge is 0.336 e. The molecule has 4 rings (SSSR count).